The zero-order valence-corrected chi connectivity index (χ0v) is 22.0. The fraction of sp³-hybridized carbons (Fsp3) is 0.357. The minimum Gasteiger partial charge on any atom is -0.489 e. The number of hydrogen-bond donors (Lipinski definition) is 0. The van der Waals surface area contributed by atoms with E-state index in [0.717, 1.165) is 29.7 Å². The summed E-state index contributed by atoms with van der Waals surface area (Å²) < 4.78 is 13.6. The molecule has 1 amide bonds. The van der Waals surface area contributed by atoms with Crippen molar-refractivity contribution in [2.45, 2.75) is 51.9 Å². The maximum atomic E-state index is 12.5. The number of imidazole rings is 1. The van der Waals surface area contributed by atoms with Gasteiger partial charge < -0.3 is 18.9 Å². The normalized spacial score (nSPS) is 14.6. The second-order valence-electron chi connectivity index (χ2n) is 10.2. The Morgan fingerprint density at radius 1 is 1.05 bits per heavy atom. The first-order valence-electron chi connectivity index (χ1n) is 12.4. The summed E-state index contributed by atoms with van der Waals surface area (Å²) in [7, 11) is 0. The number of ether oxygens (including phenoxy) is 2. The number of halogens is 1. The third-order valence-electron chi connectivity index (χ3n) is 6.26. The average molecular weight is 520 g/mol. The van der Waals surface area contributed by atoms with E-state index in [1.807, 2.05) is 75.4 Å². The molecule has 1 aliphatic heterocycles. The molecule has 8 nitrogen and oxygen atoms in total. The van der Waals surface area contributed by atoms with Gasteiger partial charge in [0.25, 0.3) is 0 Å². The number of carbonyl (C=O) groups is 1. The molecule has 0 radical (unpaired) electrons. The summed E-state index contributed by atoms with van der Waals surface area (Å²) in [6.07, 6.45) is 3.06. The van der Waals surface area contributed by atoms with E-state index in [2.05, 4.69) is 19.5 Å². The molecule has 192 valence electrons. The predicted molar refractivity (Wildman–Crippen MR) is 143 cm³/mol. The van der Waals surface area contributed by atoms with Crippen LogP contribution in [-0.4, -0.2) is 49.2 Å². The highest BCUT2D eigenvalue weighted by atomic mass is 35.5. The first kappa shape index (κ1) is 25.0. The molecule has 0 aliphatic carbocycles. The van der Waals surface area contributed by atoms with Crippen molar-refractivity contribution in [2.75, 3.05) is 13.1 Å². The first-order valence-corrected chi connectivity index (χ1v) is 12.8. The van der Waals surface area contributed by atoms with E-state index in [0.29, 0.717) is 36.6 Å². The molecule has 5 rings (SSSR count). The van der Waals surface area contributed by atoms with Crippen LogP contribution in [0.2, 0.25) is 5.28 Å². The van der Waals surface area contributed by atoms with Gasteiger partial charge in [-0.1, -0.05) is 42.5 Å². The molecule has 9 heteroatoms. The number of piperidine rings is 1. The van der Waals surface area contributed by atoms with Crippen LogP contribution in [0.1, 0.15) is 45.2 Å². The van der Waals surface area contributed by atoms with Crippen molar-refractivity contribution >= 4 is 28.9 Å². The minimum absolute atomic E-state index is 0.142. The van der Waals surface area contributed by atoms with Gasteiger partial charge in [-0.3, -0.25) is 0 Å². The lowest BCUT2D eigenvalue weighted by Gasteiger charge is -2.33. The molecule has 0 bridgehead atoms. The van der Waals surface area contributed by atoms with Crippen molar-refractivity contribution in [1.29, 1.82) is 0 Å². The SMILES string of the molecule is CC(C)(C)OC(=O)N1CCC(n2cnc3c(-c4cccc(OCc5ccccc5)c4)nc(Cl)nc32)CC1. The van der Waals surface area contributed by atoms with Crippen LogP contribution >= 0.6 is 11.6 Å². The second kappa shape index (κ2) is 10.4. The maximum absolute atomic E-state index is 12.5. The molecule has 0 spiro atoms. The summed E-state index contributed by atoms with van der Waals surface area (Å²) in [4.78, 5) is 27.9. The molecule has 1 fully saturated rings. The molecule has 0 saturated carbocycles. The largest absolute Gasteiger partial charge is 0.489 e. The molecule has 3 heterocycles. The number of hydrogen-bond acceptors (Lipinski definition) is 6. The van der Waals surface area contributed by atoms with Crippen LogP contribution in [0.15, 0.2) is 60.9 Å². The number of rotatable bonds is 5. The molecular weight excluding hydrogens is 490 g/mol. The topological polar surface area (TPSA) is 82.4 Å². The lowest BCUT2D eigenvalue weighted by molar-refractivity contribution is 0.0189. The summed E-state index contributed by atoms with van der Waals surface area (Å²) in [5, 5.41) is 0.158. The molecule has 2 aromatic heterocycles. The predicted octanol–water partition coefficient (Wildman–Crippen LogP) is 6.30. The summed E-state index contributed by atoms with van der Waals surface area (Å²) in [6, 6.07) is 17.9. The highest BCUT2D eigenvalue weighted by Crippen LogP contribution is 2.32. The summed E-state index contributed by atoms with van der Waals surface area (Å²) in [5.74, 6) is 0.734. The number of likely N-dealkylation sites (tertiary alicyclic amines) is 1. The van der Waals surface area contributed by atoms with Crippen molar-refractivity contribution < 1.29 is 14.3 Å². The number of amides is 1. The third kappa shape index (κ3) is 5.85. The van der Waals surface area contributed by atoms with Gasteiger partial charge in [0.05, 0.1) is 6.33 Å². The first-order chi connectivity index (χ1) is 17.8. The van der Waals surface area contributed by atoms with Gasteiger partial charge in [0, 0.05) is 24.7 Å². The lowest BCUT2D eigenvalue weighted by Crippen LogP contribution is -2.42. The van der Waals surface area contributed by atoms with Crippen molar-refractivity contribution in [3.05, 3.63) is 71.8 Å². The van der Waals surface area contributed by atoms with Crippen LogP contribution in [0.4, 0.5) is 4.79 Å². The van der Waals surface area contributed by atoms with Crippen molar-refractivity contribution in [2.24, 2.45) is 0 Å². The fourth-order valence-electron chi connectivity index (χ4n) is 4.49. The molecule has 0 N–H and O–H groups in total. The number of carbonyl (C=O) groups excluding carboxylic acids is 1. The van der Waals surface area contributed by atoms with Crippen LogP contribution in [0, 0.1) is 0 Å². The average Bonchev–Trinajstić information content (AvgIpc) is 3.30. The smallest absolute Gasteiger partial charge is 0.410 e. The Labute approximate surface area is 221 Å². The monoisotopic (exact) mass is 519 g/mol. The Hall–Kier alpha value is -3.65. The summed E-state index contributed by atoms with van der Waals surface area (Å²) in [6.45, 7) is 7.31. The van der Waals surface area contributed by atoms with Gasteiger partial charge in [-0.05, 0) is 62.9 Å². The van der Waals surface area contributed by atoms with E-state index in [1.54, 1.807) is 11.2 Å². The Balaban J connectivity index is 1.35. The molecular formula is C28H30ClN5O3. The van der Waals surface area contributed by atoms with E-state index < -0.39 is 5.60 Å². The third-order valence-corrected chi connectivity index (χ3v) is 6.43. The fourth-order valence-corrected chi connectivity index (χ4v) is 4.65. The highest BCUT2D eigenvalue weighted by molar-refractivity contribution is 6.28. The number of nitrogens with zero attached hydrogens (tertiary/aromatic N) is 5. The zero-order chi connectivity index (χ0) is 26.0. The molecule has 37 heavy (non-hydrogen) atoms. The lowest BCUT2D eigenvalue weighted by atomic mass is 10.1. The van der Waals surface area contributed by atoms with Crippen molar-refractivity contribution in [1.82, 2.24) is 24.4 Å². The Bertz CT molecular complexity index is 1390. The number of fused-ring (bicyclic) bond motifs is 1. The van der Waals surface area contributed by atoms with E-state index in [4.69, 9.17) is 21.1 Å². The van der Waals surface area contributed by atoms with Gasteiger partial charge in [0.15, 0.2) is 5.65 Å². The van der Waals surface area contributed by atoms with Crippen LogP contribution < -0.4 is 4.74 Å². The molecule has 1 aliphatic rings. The summed E-state index contributed by atoms with van der Waals surface area (Å²) in [5.41, 5.74) is 3.45. The molecule has 0 unspecified atom stereocenters. The molecule has 1 saturated heterocycles. The van der Waals surface area contributed by atoms with Gasteiger partial charge in [0.1, 0.15) is 29.2 Å². The molecule has 2 aromatic carbocycles. The number of aromatic nitrogens is 4. The Morgan fingerprint density at radius 3 is 2.54 bits per heavy atom. The van der Waals surface area contributed by atoms with E-state index >= 15 is 0 Å². The zero-order valence-electron chi connectivity index (χ0n) is 21.2. The number of benzene rings is 2. The van der Waals surface area contributed by atoms with E-state index in [9.17, 15) is 4.79 Å². The van der Waals surface area contributed by atoms with Crippen molar-refractivity contribution in [3.63, 3.8) is 0 Å². The van der Waals surface area contributed by atoms with Crippen LogP contribution in [0.25, 0.3) is 22.4 Å². The minimum atomic E-state index is -0.511. The Kier molecular flexibility index (Phi) is 7.02. The van der Waals surface area contributed by atoms with Gasteiger partial charge in [-0.25, -0.2) is 14.8 Å². The van der Waals surface area contributed by atoms with E-state index in [-0.39, 0.29) is 17.4 Å². The summed E-state index contributed by atoms with van der Waals surface area (Å²) >= 11 is 6.38. The van der Waals surface area contributed by atoms with Crippen molar-refractivity contribution in [3.8, 4) is 17.0 Å². The Morgan fingerprint density at radius 2 is 1.81 bits per heavy atom. The van der Waals surface area contributed by atoms with Gasteiger partial charge in [-0.15, -0.1) is 0 Å². The molecule has 4 aromatic rings. The van der Waals surface area contributed by atoms with Crippen LogP contribution in [-0.2, 0) is 11.3 Å². The van der Waals surface area contributed by atoms with Gasteiger partial charge in [0.2, 0.25) is 5.28 Å². The van der Waals surface area contributed by atoms with Crippen LogP contribution in [0.3, 0.4) is 0 Å². The van der Waals surface area contributed by atoms with Gasteiger partial charge >= 0.3 is 6.09 Å². The quantitative estimate of drug-likeness (QED) is 0.288. The molecule has 0 atom stereocenters. The van der Waals surface area contributed by atoms with Gasteiger partial charge in [-0.2, -0.15) is 4.98 Å². The van der Waals surface area contributed by atoms with Crippen LogP contribution in [0.5, 0.6) is 5.75 Å². The highest BCUT2D eigenvalue weighted by Gasteiger charge is 2.29. The second-order valence-corrected chi connectivity index (χ2v) is 10.5. The standard InChI is InChI=1S/C28H30ClN5O3/c1-28(2,3)37-27(35)33-14-12-21(13-15-33)34-18-30-24-23(31-26(29)32-25(24)34)20-10-7-11-22(16-20)36-17-19-8-5-4-6-9-19/h4-11,16,18,21H,12-15,17H2,1-3H3. The maximum Gasteiger partial charge on any atom is 0.410 e. The van der Waals surface area contributed by atoms with E-state index in [1.165, 1.54) is 0 Å².